The van der Waals surface area contributed by atoms with Crippen molar-refractivity contribution in [1.82, 2.24) is 0 Å². The monoisotopic (exact) mass is 432 g/mol. The van der Waals surface area contributed by atoms with E-state index >= 15 is 0 Å². The number of hydrogen-bond acceptors (Lipinski definition) is 5. The molecule has 3 rings (SSSR count). The molecule has 2 aromatic rings. The summed E-state index contributed by atoms with van der Waals surface area (Å²) in [6.07, 6.45) is 0. The van der Waals surface area contributed by atoms with E-state index in [1.165, 1.54) is 23.9 Å². The van der Waals surface area contributed by atoms with Gasteiger partial charge in [-0.25, -0.2) is 8.42 Å². The van der Waals surface area contributed by atoms with Gasteiger partial charge in [0.05, 0.1) is 21.6 Å². The van der Waals surface area contributed by atoms with Crippen molar-refractivity contribution in [3.05, 3.63) is 47.5 Å². The van der Waals surface area contributed by atoms with Gasteiger partial charge in [0.15, 0.2) is 9.84 Å². The van der Waals surface area contributed by atoms with Crippen molar-refractivity contribution >= 4 is 44.8 Å². The van der Waals surface area contributed by atoms with E-state index in [1.54, 1.807) is 26.0 Å². The van der Waals surface area contributed by atoms with Crippen molar-refractivity contribution < 1.29 is 18.0 Å². The Labute approximate surface area is 175 Å². The van der Waals surface area contributed by atoms with Crippen molar-refractivity contribution in [3.8, 4) is 0 Å². The average Bonchev–Trinajstić information content (AvgIpc) is 2.65. The van der Waals surface area contributed by atoms with Crippen molar-refractivity contribution in [2.24, 2.45) is 5.92 Å². The SMILES string of the molecule is Cc1cccc(NC(=O)C(C)CS(=O)(=O)c2ccc3c(c2)NC(=O)C(C)S3)c1C. The molecule has 0 saturated heterocycles. The van der Waals surface area contributed by atoms with Crippen LogP contribution in [0.4, 0.5) is 11.4 Å². The molecule has 8 heteroatoms. The topological polar surface area (TPSA) is 92.3 Å². The Morgan fingerprint density at radius 3 is 2.69 bits per heavy atom. The number of aryl methyl sites for hydroxylation is 1. The molecule has 1 heterocycles. The maximum absolute atomic E-state index is 12.9. The molecule has 0 saturated carbocycles. The van der Waals surface area contributed by atoms with Gasteiger partial charge < -0.3 is 10.6 Å². The third kappa shape index (κ3) is 4.64. The first-order chi connectivity index (χ1) is 13.6. The summed E-state index contributed by atoms with van der Waals surface area (Å²) < 4.78 is 25.7. The van der Waals surface area contributed by atoms with Crippen molar-refractivity contribution in [2.45, 2.75) is 42.7 Å². The molecule has 0 fully saturated rings. The fourth-order valence-electron chi connectivity index (χ4n) is 3.02. The van der Waals surface area contributed by atoms with Crippen LogP contribution in [0.15, 0.2) is 46.2 Å². The van der Waals surface area contributed by atoms with E-state index in [0.717, 1.165) is 16.0 Å². The van der Waals surface area contributed by atoms with Crippen LogP contribution in [0.2, 0.25) is 0 Å². The molecule has 1 aliphatic heterocycles. The average molecular weight is 433 g/mol. The predicted octanol–water partition coefficient (Wildman–Crippen LogP) is 3.78. The van der Waals surface area contributed by atoms with Crippen LogP contribution >= 0.6 is 11.8 Å². The van der Waals surface area contributed by atoms with Crippen LogP contribution in [0.3, 0.4) is 0 Å². The van der Waals surface area contributed by atoms with E-state index in [9.17, 15) is 18.0 Å². The molecule has 0 spiro atoms. The lowest BCUT2D eigenvalue weighted by Crippen LogP contribution is -2.28. The first-order valence-electron chi connectivity index (χ1n) is 9.30. The third-order valence-corrected chi connectivity index (χ3v) is 8.11. The highest BCUT2D eigenvalue weighted by atomic mass is 32.2. The molecular weight excluding hydrogens is 408 g/mol. The molecule has 0 radical (unpaired) electrons. The zero-order chi connectivity index (χ0) is 21.3. The molecule has 0 bridgehead atoms. The molecule has 0 aromatic heterocycles. The highest BCUT2D eigenvalue weighted by molar-refractivity contribution is 8.01. The molecule has 2 unspecified atom stereocenters. The van der Waals surface area contributed by atoms with E-state index < -0.39 is 15.8 Å². The number of anilines is 2. The number of rotatable bonds is 5. The molecule has 0 aliphatic carbocycles. The van der Waals surface area contributed by atoms with E-state index in [2.05, 4.69) is 10.6 Å². The quantitative estimate of drug-likeness (QED) is 0.750. The zero-order valence-corrected chi connectivity index (χ0v) is 18.4. The largest absolute Gasteiger partial charge is 0.326 e. The predicted molar refractivity (Wildman–Crippen MR) is 116 cm³/mol. The van der Waals surface area contributed by atoms with Gasteiger partial charge in [0.1, 0.15) is 0 Å². The van der Waals surface area contributed by atoms with Gasteiger partial charge in [-0.15, -0.1) is 11.8 Å². The van der Waals surface area contributed by atoms with Crippen LogP contribution in [0.25, 0.3) is 0 Å². The number of fused-ring (bicyclic) bond motifs is 1. The van der Waals surface area contributed by atoms with Gasteiger partial charge in [-0.3, -0.25) is 9.59 Å². The van der Waals surface area contributed by atoms with Crippen molar-refractivity contribution in [2.75, 3.05) is 16.4 Å². The zero-order valence-electron chi connectivity index (χ0n) is 16.8. The molecule has 29 heavy (non-hydrogen) atoms. The first-order valence-corrected chi connectivity index (χ1v) is 11.8. The van der Waals surface area contributed by atoms with Crippen LogP contribution in [-0.2, 0) is 19.4 Å². The van der Waals surface area contributed by atoms with E-state index in [4.69, 9.17) is 0 Å². The number of carbonyl (C=O) groups is 2. The summed E-state index contributed by atoms with van der Waals surface area (Å²) in [5.41, 5.74) is 3.17. The Balaban J connectivity index is 1.75. The second kappa shape index (κ2) is 8.20. The van der Waals surface area contributed by atoms with Crippen LogP contribution in [0.5, 0.6) is 0 Å². The summed E-state index contributed by atoms with van der Waals surface area (Å²) in [6, 6.07) is 10.3. The van der Waals surface area contributed by atoms with Gasteiger partial charge in [0.25, 0.3) is 0 Å². The number of sulfone groups is 1. The Morgan fingerprint density at radius 2 is 1.97 bits per heavy atom. The van der Waals surface area contributed by atoms with Gasteiger partial charge in [0.2, 0.25) is 11.8 Å². The van der Waals surface area contributed by atoms with Gasteiger partial charge >= 0.3 is 0 Å². The number of carbonyl (C=O) groups excluding carboxylic acids is 2. The second-order valence-electron chi connectivity index (χ2n) is 7.33. The number of benzene rings is 2. The highest BCUT2D eigenvalue weighted by Gasteiger charge is 2.27. The molecular formula is C21H24N2O4S2. The molecule has 2 aromatic carbocycles. The molecule has 2 amide bonds. The summed E-state index contributed by atoms with van der Waals surface area (Å²) in [5.74, 6) is -1.56. The van der Waals surface area contributed by atoms with E-state index in [0.29, 0.717) is 11.4 Å². The summed E-state index contributed by atoms with van der Waals surface area (Å²) in [6.45, 7) is 7.25. The smallest absolute Gasteiger partial charge is 0.237 e. The van der Waals surface area contributed by atoms with Crippen molar-refractivity contribution in [1.29, 1.82) is 0 Å². The Bertz CT molecular complexity index is 1080. The lowest BCUT2D eigenvalue weighted by Gasteiger charge is -2.22. The van der Waals surface area contributed by atoms with Crippen LogP contribution in [0, 0.1) is 19.8 Å². The summed E-state index contributed by atoms with van der Waals surface area (Å²) in [4.78, 5) is 25.4. The fourth-order valence-corrected chi connectivity index (χ4v) is 5.53. The number of nitrogens with one attached hydrogen (secondary N) is 2. The minimum atomic E-state index is -3.70. The van der Waals surface area contributed by atoms with Gasteiger partial charge in [0, 0.05) is 16.5 Å². The van der Waals surface area contributed by atoms with Crippen LogP contribution in [-0.4, -0.2) is 31.2 Å². The maximum Gasteiger partial charge on any atom is 0.237 e. The molecule has 6 nitrogen and oxygen atoms in total. The fraction of sp³-hybridized carbons (Fsp3) is 0.333. The summed E-state index contributed by atoms with van der Waals surface area (Å²) >= 11 is 1.39. The number of hydrogen-bond donors (Lipinski definition) is 2. The Morgan fingerprint density at radius 1 is 1.24 bits per heavy atom. The lowest BCUT2D eigenvalue weighted by atomic mass is 10.1. The maximum atomic E-state index is 12.9. The second-order valence-corrected chi connectivity index (χ2v) is 10.7. The highest BCUT2D eigenvalue weighted by Crippen LogP contribution is 2.37. The van der Waals surface area contributed by atoms with Gasteiger partial charge in [-0.2, -0.15) is 0 Å². The van der Waals surface area contributed by atoms with Gasteiger partial charge in [-0.1, -0.05) is 19.1 Å². The van der Waals surface area contributed by atoms with E-state index in [-0.39, 0.29) is 27.7 Å². The molecule has 2 N–H and O–H groups in total. The summed E-state index contributed by atoms with van der Waals surface area (Å²) in [7, 11) is -3.70. The van der Waals surface area contributed by atoms with Crippen LogP contribution in [0.1, 0.15) is 25.0 Å². The molecule has 1 aliphatic rings. The van der Waals surface area contributed by atoms with E-state index in [1.807, 2.05) is 26.0 Å². The normalized spacial score (nSPS) is 17.2. The van der Waals surface area contributed by atoms with Crippen molar-refractivity contribution in [3.63, 3.8) is 0 Å². The summed E-state index contributed by atoms with van der Waals surface area (Å²) in [5, 5.41) is 5.34. The molecule has 154 valence electrons. The van der Waals surface area contributed by atoms with Gasteiger partial charge in [-0.05, 0) is 56.2 Å². The third-order valence-electron chi connectivity index (χ3n) is 5.02. The standard InChI is InChI=1S/C21H24N2O4S2/c1-12-6-5-7-17(14(12)3)22-20(24)13(2)11-29(26,27)16-8-9-19-18(10-16)23-21(25)15(4)28-19/h5-10,13,15H,11H2,1-4H3,(H,22,24)(H,23,25). The minimum Gasteiger partial charge on any atom is -0.326 e. The molecule has 2 atom stereocenters. The van der Waals surface area contributed by atoms with Crippen LogP contribution < -0.4 is 10.6 Å². The Kier molecular flexibility index (Phi) is 6.05. The minimum absolute atomic E-state index is 0.0955. The number of amides is 2. The lowest BCUT2D eigenvalue weighted by molar-refractivity contribution is -0.119. The number of thioether (sulfide) groups is 1. The Hall–Kier alpha value is -2.32. The first kappa shape index (κ1) is 21.4.